The molecule has 0 bridgehead atoms. The van der Waals surface area contributed by atoms with Gasteiger partial charge in [0, 0.05) is 23.9 Å². The molecule has 2 atom stereocenters. The predicted octanol–water partition coefficient (Wildman–Crippen LogP) is 3.17. The molecule has 2 N–H and O–H groups in total. The number of hydrogen-bond donors (Lipinski definition) is 1. The van der Waals surface area contributed by atoms with Crippen molar-refractivity contribution < 1.29 is 0 Å². The third kappa shape index (κ3) is 3.29. The largest absolute Gasteiger partial charge is 0.325 e. The predicted molar refractivity (Wildman–Crippen MR) is 71.7 cm³/mol. The zero-order valence-corrected chi connectivity index (χ0v) is 11.2. The highest BCUT2D eigenvalue weighted by molar-refractivity contribution is 5.10. The van der Waals surface area contributed by atoms with Crippen molar-refractivity contribution in [2.45, 2.75) is 52.0 Å². The van der Waals surface area contributed by atoms with Gasteiger partial charge in [-0.15, -0.1) is 0 Å². The van der Waals surface area contributed by atoms with E-state index in [0.717, 1.165) is 25.0 Å². The molecule has 1 fully saturated rings. The smallest absolute Gasteiger partial charge is 0.0421 e. The van der Waals surface area contributed by atoms with Crippen LogP contribution in [0.15, 0.2) is 24.4 Å². The summed E-state index contributed by atoms with van der Waals surface area (Å²) in [4.78, 5) is 4.41. The topological polar surface area (TPSA) is 38.9 Å². The molecule has 1 aliphatic carbocycles. The SMILES string of the molecule is CC1CC(C)(C)CC(N)(Cc2ccccn2)C1. The minimum absolute atomic E-state index is 0.0739. The van der Waals surface area contributed by atoms with Crippen LogP contribution in [0.5, 0.6) is 0 Å². The fourth-order valence-corrected chi connectivity index (χ4v) is 3.80. The van der Waals surface area contributed by atoms with Crippen LogP contribution in [0.3, 0.4) is 0 Å². The van der Waals surface area contributed by atoms with Crippen molar-refractivity contribution in [2.75, 3.05) is 0 Å². The Morgan fingerprint density at radius 1 is 1.35 bits per heavy atom. The molecule has 2 heteroatoms. The Labute approximate surface area is 105 Å². The van der Waals surface area contributed by atoms with E-state index < -0.39 is 0 Å². The van der Waals surface area contributed by atoms with E-state index in [-0.39, 0.29) is 5.54 Å². The van der Waals surface area contributed by atoms with Gasteiger partial charge >= 0.3 is 0 Å². The van der Waals surface area contributed by atoms with E-state index in [4.69, 9.17) is 5.73 Å². The van der Waals surface area contributed by atoms with Gasteiger partial charge in [-0.05, 0) is 42.7 Å². The standard InChI is InChI=1S/C15H24N2/c1-12-8-14(2,3)11-15(16,9-12)10-13-6-4-5-7-17-13/h4-7,12H,8-11,16H2,1-3H3. The zero-order chi connectivity index (χ0) is 12.5. The molecule has 2 rings (SSSR count). The minimum Gasteiger partial charge on any atom is -0.325 e. The van der Waals surface area contributed by atoms with Gasteiger partial charge in [-0.25, -0.2) is 0 Å². The van der Waals surface area contributed by atoms with Gasteiger partial charge in [0.2, 0.25) is 0 Å². The average molecular weight is 232 g/mol. The van der Waals surface area contributed by atoms with Crippen LogP contribution in [-0.2, 0) is 6.42 Å². The Bertz CT molecular complexity index is 372. The number of aromatic nitrogens is 1. The van der Waals surface area contributed by atoms with Crippen LogP contribution in [0.1, 0.15) is 45.7 Å². The number of pyridine rings is 1. The maximum Gasteiger partial charge on any atom is 0.0421 e. The van der Waals surface area contributed by atoms with E-state index in [1.807, 2.05) is 18.3 Å². The minimum atomic E-state index is -0.0739. The Kier molecular flexibility index (Phi) is 3.26. The second-order valence-electron chi connectivity index (χ2n) is 6.71. The van der Waals surface area contributed by atoms with Crippen LogP contribution in [0.4, 0.5) is 0 Å². The van der Waals surface area contributed by atoms with Crippen molar-refractivity contribution in [3.05, 3.63) is 30.1 Å². The first-order valence-electron chi connectivity index (χ1n) is 6.57. The van der Waals surface area contributed by atoms with Gasteiger partial charge in [0.25, 0.3) is 0 Å². The van der Waals surface area contributed by atoms with Crippen LogP contribution in [0, 0.1) is 11.3 Å². The summed E-state index contributed by atoms with van der Waals surface area (Å²) in [7, 11) is 0. The fraction of sp³-hybridized carbons (Fsp3) is 0.667. The summed E-state index contributed by atoms with van der Waals surface area (Å²) >= 11 is 0. The lowest BCUT2D eigenvalue weighted by Gasteiger charge is -2.45. The Morgan fingerprint density at radius 2 is 2.12 bits per heavy atom. The van der Waals surface area contributed by atoms with Gasteiger partial charge in [0.1, 0.15) is 0 Å². The van der Waals surface area contributed by atoms with Crippen molar-refractivity contribution in [1.82, 2.24) is 4.98 Å². The molecule has 0 aromatic carbocycles. The van der Waals surface area contributed by atoms with Crippen LogP contribution >= 0.6 is 0 Å². The molecule has 1 saturated carbocycles. The van der Waals surface area contributed by atoms with Gasteiger partial charge in [0.15, 0.2) is 0 Å². The molecule has 0 spiro atoms. The van der Waals surface area contributed by atoms with Gasteiger partial charge in [-0.1, -0.05) is 26.8 Å². The molecule has 2 unspecified atom stereocenters. The van der Waals surface area contributed by atoms with Crippen molar-refractivity contribution in [3.8, 4) is 0 Å². The maximum atomic E-state index is 6.62. The molecule has 1 heterocycles. The highest BCUT2D eigenvalue weighted by atomic mass is 14.8. The van der Waals surface area contributed by atoms with Crippen molar-refractivity contribution in [3.63, 3.8) is 0 Å². The number of hydrogen-bond acceptors (Lipinski definition) is 2. The molecule has 0 aliphatic heterocycles. The summed E-state index contributed by atoms with van der Waals surface area (Å²) in [6.07, 6.45) is 6.26. The molecule has 2 nitrogen and oxygen atoms in total. The summed E-state index contributed by atoms with van der Waals surface area (Å²) in [5.41, 5.74) is 8.03. The third-order valence-electron chi connectivity index (χ3n) is 3.75. The monoisotopic (exact) mass is 232 g/mol. The van der Waals surface area contributed by atoms with E-state index in [1.54, 1.807) is 0 Å². The number of rotatable bonds is 2. The van der Waals surface area contributed by atoms with Crippen LogP contribution in [0.25, 0.3) is 0 Å². The first kappa shape index (κ1) is 12.6. The van der Waals surface area contributed by atoms with Crippen LogP contribution in [0.2, 0.25) is 0 Å². The summed E-state index contributed by atoms with van der Waals surface area (Å²) in [6.45, 7) is 6.99. The highest BCUT2D eigenvalue weighted by Gasteiger charge is 2.40. The Morgan fingerprint density at radius 3 is 2.71 bits per heavy atom. The summed E-state index contributed by atoms with van der Waals surface area (Å²) in [5, 5.41) is 0. The lowest BCUT2D eigenvalue weighted by Crippen LogP contribution is -2.50. The molecule has 1 aromatic heterocycles. The molecule has 1 aromatic rings. The molecule has 0 amide bonds. The normalized spacial score (nSPS) is 32.4. The van der Waals surface area contributed by atoms with E-state index in [1.165, 1.54) is 6.42 Å². The Balaban J connectivity index is 2.13. The molecule has 17 heavy (non-hydrogen) atoms. The van der Waals surface area contributed by atoms with Gasteiger partial charge in [0.05, 0.1) is 0 Å². The van der Waals surface area contributed by atoms with Gasteiger partial charge in [-0.3, -0.25) is 4.98 Å². The van der Waals surface area contributed by atoms with E-state index in [0.29, 0.717) is 11.3 Å². The Hall–Kier alpha value is -0.890. The first-order chi connectivity index (χ1) is 7.89. The summed E-state index contributed by atoms with van der Waals surface area (Å²) in [6, 6.07) is 6.09. The van der Waals surface area contributed by atoms with Gasteiger partial charge in [-0.2, -0.15) is 0 Å². The average Bonchev–Trinajstić information content (AvgIpc) is 2.13. The van der Waals surface area contributed by atoms with Crippen LogP contribution in [-0.4, -0.2) is 10.5 Å². The van der Waals surface area contributed by atoms with E-state index in [2.05, 4.69) is 31.8 Å². The number of nitrogens with two attached hydrogens (primary N) is 1. The summed E-state index contributed by atoms with van der Waals surface area (Å²) < 4.78 is 0. The molecule has 0 radical (unpaired) electrons. The quantitative estimate of drug-likeness (QED) is 0.850. The first-order valence-corrected chi connectivity index (χ1v) is 6.57. The van der Waals surface area contributed by atoms with Crippen molar-refractivity contribution in [1.29, 1.82) is 0 Å². The highest BCUT2D eigenvalue weighted by Crippen LogP contribution is 2.43. The van der Waals surface area contributed by atoms with E-state index in [9.17, 15) is 0 Å². The molecule has 0 saturated heterocycles. The lowest BCUT2D eigenvalue weighted by atomic mass is 9.63. The molecular formula is C15H24N2. The maximum absolute atomic E-state index is 6.62. The van der Waals surface area contributed by atoms with E-state index >= 15 is 0 Å². The lowest BCUT2D eigenvalue weighted by molar-refractivity contribution is 0.107. The molecule has 1 aliphatic rings. The third-order valence-corrected chi connectivity index (χ3v) is 3.75. The van der Waals surface area contributed by atoms with Crippen LogP contribution < -0.4 is 5.73 Å². The zero-order valence-electron chi connectivity index (χ0n) is 11.2. The molecule has 94 valence electrons. The van der Waals surface area contributed by atoms with Crippen molar-refractivity contribution in [2.24, 2.45) is 17.1 Å². The second-order valence-corrected chi connectivity index (χ2v) is 6.71. The fourth-order valence-electron chi connectivity index (χ4n) is 3.80. The summed E-state index contributed by atoms with van der Waals surface area (Å²) in [5.74, 6) is 0.715. The second kappa shape index (κ2) is 4.41. The molecular weight excluding hydrogens is 208 g/mol. The van der Waals surface area contributed by atoms with Gasteiger partial charge < -0.3 is 5.73 Å². The van der Waals surface area contributed by atoms with Crippen molar-refractivity contribution >= 4 is 0 Å². The number of nitrogens with zero attached hydrogens (tertiary/aromatic N) is 1.